The summed E-state index contributed by atoms with van der Waals surface area (Å²) in [6.45, 7) is 0. The number of hydrogen-bond acceptors (Lipinski definition) is 7. The lowest BCUT2D eigenvalue weighted by atomic mass is 9.66. The van der Waals surface area contributed by atoms with Crippen molar-refractivity contribution in [3.8, 4) is 11.5 Å². The van der Waals surface area contributed by atoms with Crippen LogP contribution in [-0.4, -0.2) is 52.0 Å². The monoisotopic (exact) mass is 364 g/mol. The molecule has 0 amide bonds. The number of rotatable bonds is 0. The number of carbonyl (C=O) groups is 2. The third-order valence-electron chi connectivity index (χ3n) is 6.36. The molecule has 7 nitrogen and oxygen atoms in total. The second kappa shape index (κ2) is 3.91. The highest BCUT2D eigenvalue weighted by Gasteiger charge is 3.00. The summed E-state index contributed by atoms with van der Waals surface area (Å²) in [5.74, 6) is -1.58. The molecule has 0 radical (unpaired) electrons. The van der Waals surface area contributed by atoms with E-state index in [-0.39, 0.29) is 0 Å². The van der Waals surface area contributed by atoms with E-state index in [0.29, 0.717) is 11.5 Å². The van der Waals surface area contributed by atoms with E-state index in [1.54, 1.807) is 12.1 Å². The quantitative estimate of drug-likeness (QED) is 0.686. The predicted octanol–water partition coefficient (Wildman–Crippen LogP) is 0.665. The number of ether oxygens (including phenoxy) is 4. The fourth-order valence-corrected chi connectivity index (χ4v) is 5.13. The Labute approximate surface area is 152 Å². The highest BCUT2D eigenvalue weighted by Crippen LogP contribution is 2.70. The van der Waals surface area contributed by atoms with Crippen molar-refractivity contribution in [3.63, 3.8) is 0 Å². The van der Waals surface area contributed by atoms with Gasteiger partial charge < -0.3 is 24.1 Å². The molecule has 1 N–H and O–H groups in total. The van der Waals surface area contributed by atoms with E-state index in [1.165, 1.54) is 6.08 Å². The van der Waals surface area contributed by atoms with Gasteiger partial charge in [-0.1, -0.05) is 24.3 Å². The normalized spacial score (nSPS) is 41.3. The van der Waals surface area contributed by atoms with Crippen LogP contribution in [0.2, 0.25) is 0 Å². The van der Waals surface area contributed by atoms with E-state index in [0.717, 1.165) is 16.8 Å². The van der Waals surface area contributed by atoms with Crippen LogP contribution in [-0.2, 0) is 19.1 Å². The van der Waals surface area contributed by atoms with Crippen LogP contribution in [0, 0.1) is 0 Å². The molecule has 7 heteroatoms. The topological polar surface area (TPSA) is 97.9 Å². The molecule has 5 aliphatic rings. The largest absolute Gasteiger partial charge is 0.446 e. The van der Waals surface area contributed by atoms with Crippen molar-refractivity contribution in [2.45, 2.75) is 35.3 Å². The van der Waals surface area contributed by atoms with E-state index in [2.05, 4.69) is 0 Å². The molecule has 1 spiro atoms. The minimum atomic E-state index is -1.77. The van der Waals surface area contributed by atoms with Gasteiger partial charge >= 0.3 is 5.79 Å². The Balaban J connectivity index is 1.51. The molecule has 0 aromatic heterocycles. The van der Waals surface area contributed by atoms with Gasteiger partial charge in [0.15, 0.2) is 17.7 Å². The van der Waals surface area contributed by atoms with Gasteiger partial charge in [-0.05, 0) is 29.7 Å². The van der Waals surface area contributed by atoms with Crippen molar-refractivity contribution in [2.24, 2.45) is 0 Å². The first kappa shape index (κ1) is 14.3. The number of epoxide rings is 2. The fourth-order valence-electron chi connectivity index (χ4n) is 5.13. The molecule has 2 aromatic rings. The fraction of sp³-hybridized carbons (Fsp3) is 0.300. The first-order chi connectivity index (χ1) is 13.1. The maximum atomic E-state index is 13.0. The van der Waals surface area contributed by atoms with Crippen LogP contribution in [0.25, 0.3) is 10.8 Å². The number of aliphatic hydroxyl groups is 1. The van der Waals surface area contributed by atoms with Crippen LogP contribution in [0.5, 0.6) is 11.5 Å². The summed E-state index contributed by atoms with van der Waals surface area (Å²) in [4.78, 5) is 25.7. The molecule has 2 aliphatic carbocycles. The summed E-state index contributed by atoms with van der Waals surface area (Å²) in [6.07, 6.45) is -0.374. The summed E-state index contributed by atoms with van der Waals surface area (Å²) in [7, 11) is 0. The smallest absolute Gasteiger partial charge is 0.321 e. The number of hydrogen-bond donors (Lipinski definition) is 1. The third-order valence-corrected chi connectivity index (χ3v) is 6.36. The lowest BCUT2D eigenvalue weighted by Crippen LogP contribution is -2.73. The van der Waals surface area contributed by atoms with E-state index in [1.807, 2.05) is 24.3 Å². The molecular weight excluding hydrogens is 352 g/mol. The Kier molecular flexibility index (Phi) is 2.08. The van der Waals surface area contributed by atoms with Gasteiger partial charge in [-0.25, -0.2) is 0 Å². The molecule has 0 unspecified atom stereocenters. The molecule has 3 aliphatic heterocycles. The maximum absolute atomic E-state index is 13.0. The van der Waals surface area contributed by atoms with Crippen molar-refractivity contribution >= 4 is 22.3 Å². The maximum Gasteiger partial charge on any atom is 0.321 e. The average molecular weight is 364 g/mol. The van der Waals surface area contributed by atoms with E-state index in [4.69, 9.17) is 18.9 Å². The summed E-state index contributed by atoms with van der Waals surface area (Å²) < 4.78 is 24.0. The number of carbonyl (C=O) groups excluding carboxylic acids is 2. The van der Waals surface area contributed by atoms with Crippen LogP contribution in [0.15, 0.2) is 48.6 Å². The highest BCUT2D eigenvalue weighted by atomic mass is 16.8. The highest BCUT2D eigenvalue weighted by molar-refractivity contribution is 6.20. The third kappa shape index (κ3) is 1.24. The minimum absolute atomic E-state index is 0.471. The van der Waals surface area contributed by atoms with Crippen molar-refractivity contribution in [1.82, 2.24) is 0 Å². The molecule has 3 fully saturated rings. The molecule has 134 valence electrons. The summed E-state index contributed by atoms with van der Waals surface area (Å²) in [6, 6.07) is 11.1. The SMILES string of the molecule is O=C1C=CC(=O)[C@@]23O[C@@]12C1(Oc2cccc4cccc(c24)O1)[C@@H]1O[C@@H]1[C@@H]3O. The second-order valence-corrected chi connectivity index (χ2v) is 7.53. The second-order valence-electron chi connectivity index (χ2n) is 7.53. The van der Waals surface area contributed by atoms with Gasteiger partial charge in [-0.15, -0.1) is 0 Å². The van der Waals surface area contributed by atoms with Gasteiger partial charge in [-0.3, -0.25) is 9.59 Å². The Bertz CT molecular complexity index is 1100. The molecule has 0 bridgehead atoms. The number of fused-ring (bicyclic) bond motifs is 2. The molecule has 7 rings (SSSR count). The van der Waals surface area contributed by atoms with E-state index in [9.17, 15) is 14.7 Å². The van der Waals surface area contributed by atoms with Crippen molar-refractivity contribution in [3.05, 3.63) is 48.6 Å². The Morgan fingerprint density at radius 1 is 0.926 bits per heavy atom. The Morgan fingerprint density at radius 3 is 2.30 bits per heavy atom. The molecule has 2 aromatic carbocycles. The number of ketones is 2. The van der Waals surface area contributed by atoms with Crippen LogP contribution in [0.1, 0.15) is 0 Å². The minimum Gasteiger partial charge on any atom is -0.446 e. The van der Waals surface area contributed by atoms with Crippen molar-refractivity contribution in [2.75, 3.05) is 0 Å². The Morgan fingerprint density at radius 2 is 1.59 bits per heavy atom. The van der Waals surface area contributed by atoms with Gasteiger partial charge in [0.05, 0.1) is 5.39 Å². The summed E-state index contributed by atoms with van der Waals surface area (Å²) in [5.41, 5.74) is -3.49. The predicted molar refractivity (Wildman–Crippen MR) is 88.3 cm³/mol. The van der Waals surface area contributed by atoms with Gasteiger partial charge in [0.25, 0.3) is 5.60 Å². The molecule has 3 heterocycles. The number of benzene rings is 2. The molecule has 1 saturated carbocycles. The molecule has 27 heavy (non-hydrogen) atoms. The zero-order valence-corrected chi connectivity index (χ0v) is 13.7. The Hall–Kier alpha value is -2.74. The first-order valence-corrected chi connectivity index (χ1v) is 8.76. The van der Waals surface area contributed by atoms with Crippen LogP contribution in [0.3, 0.4) is 0 Å². The average Bonchev–Trinajstić information content (AvgIpc) is 3.57. The molecule has 2 saturated heterocycles. The first-order valence-electron chi connectivity index (χ1n) is 8.76. The van der Waals surface area contributed by atoms with E-state index < -0.39 is 46.9 Å². The number of aliphatic hydroxyl groups excluding tert-OH is 1. The van der Waals surface area contributed by atoms with Gasteiger partial charge in [-0.2, -0.15) is 0 Å². The zero-order chi connectivity index (χ0) is 18.2. The summed E-state index contributed by atoms with van der Waals surface area (Å²) >= 11 is 0. The van der Waals surface area contributed by atoms with Crippen LogP contribution >= 0.6 is 0 Å². The van der Waals surface area contributed by atoms with E-state index >= 15 is 0 Å². The summed E-state index contributed by atoms with van der Waals surface area (Å²) in [5, 5.41) is 12.4. The lowest BCUT2D eigenvalue weighted by Gasteiger charge is -2.44. The zero-order valence-electron chi connectivity index (χ0n) is 13.7. The standard InChI is InChI=1S/C20H12O7/c21-12-7-8-13(22)19-18(12,27-19)16(23)15-17(24-15)20(19)25-10-5-1-3-9-4-2-6-11(26-20)14(9)10/h1-8,15-17,23H/t15-,16+,17-,18+,19+/m1/s1. The van der Waals surface area contributed by atoms with Gasteiger partial charge in [0.2, 0.25) is 5.60 Å². The van der Waals surface area contributed by atoms with Crippen LogP contribution in [0.4, 0.5) is 0 Å². The lowest BCUT2D eigenvalue weighted by molar-refractivity contribution is -0.190. The molecule has 5 atom stereocenters. The van der Waals surface area contributed by atoms with Crippen LogP contribution < -0.4 is 9.47 Å². The molecular formula is C20H12O7. The van der Waals surface area contributed by atoms with Gasteiger partial charge in [0.1, 0.15) is 23.7 Å². The van der Waals surface area contributed by atoms with Crippen molar-refractivity contribution in [1.29, 1.82) is 0 Å². The van der Waals surface area contributed by atoms with Crippen molar-refractivity contribution < 1.29 is 33.6 Å². The van der Waals surface area contributed by atoms with Gasteiger partial charge in [0, 0.05) is 0 Å².